The second kappa shape index (κ2) is 7.02. The number of hydrogen-bond donors (Lipinski definition) is 0. The molecule has 0 aliphatic carbocycles. The lowest BCUT2D eigenvalue weighted by atomic mass is 10.2. The molecule has 25 heavy (non-hydrogen) atoms. The SMILES string of the molecule is CCOc1ccc(CN2CCN(c3ccnc4nncn34)CC2)cn1. The zero-order valence-electron chi connectivity index (χ0n) is 14.2. The van der Waals surface area contributed by atoms with Crippen molar-refractivity contribution in [3.63, 3.8) is 0 Å². The van der Waals surface area contributed by atoms with E-state index in [-0.39, 0.29) is 0 Å². The largest absolute Gasteiger partial charge is 0.478 e. The van der Waals surface area contributed by atoms with E-state index in [0.717, 1.165) is 38.5 Å². The Labute approximate surface area is 146 Å². The molecule has 8 heteroatoms. The number of piperazine rings is 1. The molecule has 1 fully saturated rings. The Kier molecular flexibility index (Phi) is 4.43. The van der Waals surface area contributed by atoms with Crippen LogP contribution in [0.15, 0.2) is 36.9 Å². The molecule has 8 nitrogen and oxygen atoms in total. The van der Waals surface area contributed by atoms with Gasteiger partial charge in [0.25, 0.3) is 5.78 Å². The number of rotatable bonds is 5. The lowest BCUT2D eigenvalue weighted by molar-refractivity contribution is 0.248. The molecule has 0 unspecified atom stereocenters. The molecule has 0 atom stereocenters. The summed E-state index contributed by atoms with van der Waals surface area (Å²) in [6.07, 6.45) is 5.41. The summed E-state index contributed by atoms with van der Waals surface area (Å²) >= 11 is 0. The van der Waals surface area contributed by atoms with Gasteiger partial charge >= 0.3 is 0 Å². The molecule has 0 N–H and O–H groups in total. The van der Waals surface area contributed by atoms with Gasteiger partial charge in [0.1, 0.15) is 12.1 Å². The van der Waals surface area contributed by atoms with E-state index in [1.807, 2.05) is 29.7 Å². The average Bonchev–Trinajstić information content (AvgIpc) is 3.13. The molecule has 0 amide bonds. The van der Waals surface area contributed by atoms with Gasteiger partial charge in [-0.3, -0.25) is 9.30 Å². The fourth-order valence-electron chi connectivity index (χ4n) is 3.12. The molecule has 0 aromatic carbocycles. The summed E-state index contributed by atoms with van der Waals surface area (Å²) in [6.45, 7) is 7.43. The summed E-state index contributed by atoms with van der Waals surface area (Å²) in [4.78, 5) is 13.4. The van der Waals surface area contributed by atoms with Gasteiger partial charge in [-0.2, -0.15) is 0 Å². The Morgan fingerprint density at radius 1 is 1.08 bits per heavy atom. The van der Waals surface area contributed by atoms with E-state index < -0.39 is 0 Å². The van der Waals surface area contributed by atoms with Gasteiger partial charge in [0.05, 0.1) is 6.61 Å². The van der Waals surface area contributed by atoms with Crippen molar-refractivity contribution in [3.05, 3.63) is 42.5 Å². The molecule has 1 aliphatic heterocycles. The molecular formula is C17H21N7O. The molecule has 0 radical (unpaired) electrons. The molecule has 1 saturated heterocycles. The van der Waals surface area contributed by atoms with Crippen molar-refractivity contribution in [1.82, 2.24) is 29.5 Å². The van der Waals surface area contributed by atoms with Gasteiger partial charge in [0, 0.05) is 51.2 Å². The van der Waals surface area contributed by atoms with Crippen LogP contribution in [0, 0.1) is 0 Å². The van der Waals surface area contributed by atoms with Gasteiger partial charge in [-0.25, -0.2) is 9.97 Å². The summed E-state index contributed by atoms with van der Waals surface area (Å²) in [5, 5.41) is 7.96. The molecule has 3 aromatic heterocycles. The van der Waals surface area contributed by atoms with Crippen LogP contribution in [0.1, 0.15) is 12.5 Å². The number of aromatic nitrogens is 5. The fraction of sp³-hybridized carbons (Fsp3) is 0.412. The van der Waals surface area contributed by atoms with E-state index >= 15 is 0 Å². The van der Waals surface area contributed by atoms with E-state index in [1.165, 1.54) is 5.56 Å². The zero-order valence-corrected chi connectivity index (χ0v) is 14.2. The smallest absolute Gasteiger partial charge is 0.256 e. The Hall–Kier alpha value is -2.74. The number of hydrogen-bond acceptors (Lipinski definition) is 7. The van der Waals surface area contributed by atoms with Crippen LogP contribution < -0.4 is 9.64 Å². The minimum atomic E-state index is 0.639. The van der Waals surface area contributed by atoms with Gasteiger partial charge in [0.15, 0.2) is 0 Å². The molecule has 0 bridgehead atoms. The quantitative estimate of drug-likeness (QED) is 0.692. The summed E-state index contributed by atoms with van der Waals surface area (Å²) in [6, 6.07) is 6.05. The van der Waals surface area contributed by atoms with Crippen LogP contribution in [-0.2, 0) is 6.54 Å². The van der Waals surface area contributed by atoms with Gasteiger partial charge in [0.2, 0.25) is 5.88 Å². The molecular weight excluding hydrogens is 318 g/mol. The minimum absolute atomic E-state index is 0.639. The van der Waals surface area contributed by atoms with Crippen molar-refractivity contribution in [2.24, 2.45) is 0 Å². The third kappa shape index (κ3) is 3.39. The second-order valence-corrected chi connectivity index (χ2v) is 6.00. The first-order valence-electron chi connectivity index (χ1n) is 8.53. The number of fused-ring (bicyclic) bond motifs is 1. The highest BCUT2D eigenvalue weighted by Crippen LogP contribution is 2.17. The lowest BCUT2D eigenvalue weighted by Gasteiger charge is -2.36. The molecule has 1 aliphatic rings. The monoisotopic (exact) mass is 339 g/mol. The Bertz CT molecular complexity index is 824. The zero-order chi connectivity index (χ0) is 17.1. The normalized spacial score (nSPS) is 15.6. The maximum Gasteiger partial charge on any atom is 0.256 e. The molecule has 4 heterocycles. The minimum Gasteiger partial charge on any atom is -0.478 e. The Morgan fingerprint density at radius 2 is 1.96 bits per heavy atom. The standard InChI is InChI=1S/C17H21N7O/c1-2-25-15-4-3-14(11-19-15)12-22-7-9-23(10-8-22)16-5-6-18-17-21-20-13-24(16)17/h3-6,11,13H,2,7-10,12H2,1H3. The van der Waals surface area contributed by atoms with Crippen LogP contribution in [0.25, 0.3) is 5.78 Å². The highest BCUT2D eigenvalue weighted by atomic mass is 16.5. The van der Waals surface area contributed by atoms with E-state index in [9.17, 15) is 0 Å². The second-order valence-electron chi connectivity index (χ2n) is 6.00. The lowest BCUT2D eigenvalue weighted by Crippen LogP contribution is -2.46. The number of ether oxygens (including phenoxy) is 1. The maximum atomic E-state index is 5.39. The topological polar surface area (TPSA) is 71.7 Å². The van der Waals surface area contributed by atoms with Crippen molar-refractivity contribution in [1.29, 1.82) is 0 Å². The van der Waals surface area contributed by atoms with Crippen LogP contribution >= 0.6 is 0 Å². The van der Waals surface area contributed by atoms with Gasteiger partial charge < -0.3 is 9.64 Å². The number of anilines is 1. The maximum absolute atomic E-state index is 5.39. The fourth-order valence-corrected chi connectivity index (χ4v) is 3.12. The van der Waals surface area contributed by atoms with E-state index in [2.05, 4.69) is 36.0 Å². The summed E-state index contributed by atoms with van der Waals surface area (Å²) in [7, 11) is 0. The van der Waals surface area contributed by atoms with Crippen LogP contribution in [0.5, 0.6) is 5.88 Å². The van der Waals surface area contributed by atoms with Crippen molar-refractivity contribution < 1.29 is 4.74 Å². The number of nitrogens with zero attached hydrogens (tertiary/aromatic N) is 7. The highest BCUT2D eigenvalue weighted by Gasteiger charge is 2.19. The van der Waals surface area contributed by atoms with Crippen LogP contribution in [-0.4, -0.2) is 62.3 Å². The van der Waals surface area contributed by atoms with Gasteiger partial charge in [-0.1, -0.05) is 6.07 Å². The number of pyridine rings is 1. The van der Waals surface area contributed by atoms with Crippen molar-refractivity contribution in [2.75, 3.05) is 37.7 Å². The van der Waals surface area contributed by atoms with E-state index in [1.54, 1.807) is 12.5 Å². The van der Waals surface area contributed by atoms with Crippen LogP contribution in [0.3, 0.4) is 0 Å². The first-order chi connectivity index (χ1) is 12.3. The van der Waals surface area contributed by atoms with Gasteiger partial charge in [-0.05, 0) is 18.6 Å². The van der Waals surface area contributed by atoms with E-state index in [0.29, 0.717) is 18.3 Å². The molecule has 0 spiro atoms. The summed E-state index contributed by atoms with van der Waals surface area (Å²) < 4.78 is 7.33. The van der Waals surface area contributed by atoms with Crippen molar-refractivity contribution in [2.45, 2.75) is 13.5 Å². The Morgan fingerprint density at radius 3 is 2.72 bits per heavy atom. The van der Waals surface area contributed by atoms with Crippen molar-refractivity contribution >= 4 is 11.6 Å². The third-order valence-electron chi connectivity index (χ3n) is 4.38. The average molecular weight is 339 g/mol. The first kappa shape index (κ1) is 15.8. The predicted molar refractivity (Wildman–Crippen MR) is 93.7 cm³/mol. The molecule has 0 saturated carbocycles. The summed E-state index contributed by atoms with van der Waals surface area (Å²) in [5.41, 5.74) is 1.21. The molecule has 130 valence electrons. The van der Waals surface area contributed by atoms with E-state index in [4.69, 9.17) is 4.74 Å². The molecule has 3 aromatic rings. The summed E-state index contributed by atoms with van der Waals surface area (Å²) in [5.74, 6) is 2.42. The highest BCUT2D eigenvalue weighted by molar-refractivity contribution is 5.46. The Balaban J connectivity index is 1.37. The van der Waals surface area contributed by atoms with Gasteiger partial charge in [-0.15, -0.1) is 10.2 Å². The van der Waals surface area contributed by atoms with Crippen molar-refractivity contribution in [3.8, 4) is 5.88 Å². The molecule has 4 rings (SSSR count). The first-order valence-corrected chi connectivity index (χ1v) is 8.53. The third-order valence-corrected chi connectivity index (χ3v) is 4.38. The van der Waals surface area contributed by atoms with Crippen LogP contribution in [0.4, 0.5) is 5.82 Å². The predicted octanol–water partition coefficient (Wildman–Crippen LogP) is 1.24. The van der Waals surface area contributed by atoms with Crippen LogP contribution in [0.2, 0.25) is 0 Å².